The topological polar surface area (TPSA) is 90.3 Å². The van der Waals surface area contributed by atoms with Gasteiger partial charge in [-0.3, -0.25) is 4.79 Å². The summed E-state index contributed by atoms with van der Waals surface area (Å²) in [6.07, 6.45) is 4.54. The number of hydrogen-bond donors (Lipinski definition) is 1. The lowest BCUT2D eigenvalue weighted by atomic mass is 10.0. The number of amides is 1. The van der Waals surface area contributed by atoms with Gasteiger partial charge in [0.25, 0.3) is 5.91 Å². The standard InChI is InChI=1S/C20H21N3O4S/c1-23-12-11-21-19(23)18(16-9-4-5-10-17(16)27-2)22-20(24)14-7-6-8-15(13-14)28(3,25)26/h4-13,18H,1-3H3,(H,22,24). The number of para-hydroxylation sites is 1. The second-order valence-corrected chi connectivity index (χ2v) is 8.36. The van der Waals surface area contributed by atoms with Crippen LogP contribution >= 0.6 is 0 Å². The maximum atomic E-state index is 12.9. The molecule has 3 aromatic rings. The summed E-state index contributed by atoms with van der Waals surface area (Å²) < 4.78 is 30.9. The minimum atomic E-state index is -3.42. The molecule has 0 aliphatic carbocycles. The Labute approximate surface area is 163 Å². The molecular formula is C20H21N3O4S. The molecule has 0 saturated carbocycles. The average molecular weight is 399 g/mol. The average Bonchev–Trinajstić information content (AvgIpc) is 3.11. The third-order valence-electron chi connectivity index (χ3n) is 4.37. The number of carbonyl (C=O) groups excluding carboxylic acids is 1. The Balaban J connectivity index is 2.01. The van der Waals surface area contributed by atoms with Crippen LogP contribution in [-0.4, -0.2) is 37.2 Å². The normalized spacial score (nSPS) is 12.4. The summed E-state index contributed by atoms with van der Waals surface area (Å²) in [6, 6.07) is 12.7. The Kier molecular flexibility index (Phi) is 5.51. The molecule has 1 atom stereocenters. The van der Waals surface area contributed by atoms with E-state index in [4.69, 9.17) is 4.74 Å². The second kappa shape index (κ2) is 7.85. The molecule has 0 aliphatic rings. The SMILES string of the molecule is COc1ccccc1C(NC(=O)c1cccc(S(C)(=O)=O)c1)c1nccn1C. The van der Waals surface area contributed by atoms with Gasteiger partial charge in [0, 0.05) is 36.8 Å². The number of benzene rings is 2. The molecule has 1 amide bonds. The molecule has 1 unspecified atom stereocenters. The zero-order valence-electron chi connectivity index (χ0n) is 15.8. The Morgan fingerprint density at radius 1 is 1.18 bits per heavy atom. The second-order valence-electron chi connectivity index (χ2n) is 6.34. The largest absolute Gasteiger partial charge is 0.496 e. The molecule has 7 nitrogen and oxygen atoms in total. The molecule has 0 radical (unpaired) electrons. The summed E-state index contributed by atoms with van der Waals surface area (Å²) in [5.41, 5.74) is 0.990. The molecule has 0 bridgehead atoms. The van der Waals surface area contributed by atoms with Crippen LogP contribution in [0.5, 0.6) is 5.75 Å². The lowest BCUT2D eigenvalue weighted by molar-refractivity contribution is 0.0940. The number of methoxy groups -OCH3 is 1. The quantitative estimate of drug-likeness (QED) is 0.687. The highest BCUT2D eigenvalue weighted by Crippen LogP contribution is 2.29. The van der Waals surface area contributed by atoms with E-state index < -0.39 is 21.8 Å². The van der Waals surface area contributed by atoms with Crippen LogP contribution in [0.3, 0.4) is 0 Å². The first-order chi connectivity index (χ1) is 13.3. The molecule has 0 fully saturated rings. The maximum absolute atomic E-state index is 12.9. The van der Waals surface area contributed by atoms with E-state index in [0.29, 0.717) is 11.6 Å². The van der Waals surface area contributed by atoms with E-state index in [9.17, 15) is 13.2 Å². The summed E-state index contributed by atoms with van der Waals surface area (Å²) in [4.78, 5) is 17.4. The number of ether oxygens (including phenoxy) is 1. The monoisotopic (exact) mass is 399 g/mol. The summed E-state index contributed by atoms with van der Waals surface area (Å²) in [5, 5.41) is 2.95. The number of aryl methyl sites for hydroxylation is 1. The van der Waals surface area contributed by atoms with Gasteiger partial charge in [-0.05, 0) is 24.3 Å². The Hall–Kier alpha value is -3.13. The highest BCUT2D eigenvalue weighted by atomic mass is 32.2. The van der Waals surface area contributed by atoms with Gasteiger partial charge in [0.2, 0.25) is 0 Å². The summed E-state index contributed by atoms with van der Waals surface area (Å²) >= 11 is 0. The number of carbonyl (C=O) groups is 1. The van der Waals surface area contributed by atoms with Crippen molar-refractivity contribution >= 4 is 15.7 Å². The van der Waals surface area contributed by atoms with Gasteiger partial charge in [0.05, 0.1) is 12.0 Å². The number of nitrogens with one attached hydrogen (secondary N) is 1. The highest BCUT2D eigenvalue weighted by molar-refractivity contribution is 7.90. The van der Waals surface area contributed by atoms with Crippen molar-refractivity contribution in [3.8, 4) is 5.75 Å². The van der Waals surface area contributed by atoms with Gasteiger partial charge in [-0.15, -0.1) is 0 Å². The molecule has 2 aromatic carbocycles. The van der Waals surface area contributed by atoms with E-state index in [0.717, 1.165) is 11.8 Å². The number of rotatable bonds is 6. The van der Waals surface area contributed by atoms with Gasteiger partial charge < -0.3 is 14.6 Å². The predicted molar refractivity (Wildman–Crippen MR) is 105 cm³/mol. The molecule has 0 spiro atoms. The van der Waals surface area contributed by atoms with Crippen molar-refractivity contribution in [1.29, 1.82) is 0 Å². The van der Waals surface area contributed by atoms with Gasteiger partial charge in [-0.25, -0.2) is 13.4 Å². The number of imidazole rings is 1. The maximum Gasteiger partial charge on any atom is 0.252 e. The molecule has 28 heavy (non-hydrogen) atoms. The van der Waals surface area contributed by atoms with E-state index in [2.05, 4.69) is 10.3 Å². The van der Waals surface area contributed by atoms with E-state index in [-0.39, 0.29) is 10.5 Å². The lowest BCUT2D eigenvalue weighted by Gasteiger charge is -2.21. The van der Waals surface area contributed by atoms with Crippen molar-refractivity contribution in [3.63, 3.8) is 0 Å². The number of sulfone groups is 1. The zero-order valence-corrected chi connectivity index (χ0v) is 16.6. The fourth-order valence-corrected chi connectivity index (χ4v) is 3.59. The number of hydrogen-bond acceptors (Lipinski definition) is 5. The molecule has 1 heterocycles. The highest BCUT2D eigenvalue weighted by Gasteiger charge is 2.24. The van der Waals surface area contributed by atoms with Crippen molar-refractivity contribution < 1.29 is 17.9 Å². The zero-order chi connectivity index (χ0) is 20.3. The summed E-state index contributed by atoms with van der Waals surface area (Å²) in [5.74, 6) is 0.821. The molecule has 1 aromatic heterocycles. The first-order valence-corrected chi connectivity index (χ1v) is 10.4. The minimum absolute atomic E-state index is 0.0889. The third-order valence-corrected chi connectivity index (χ3v) is 5.48. The molecule has 1 N–H and O–H groups in total. The van der Waals surface area contributed by atoms with Crippen LogP contribution in [-0.2, 0) is 16.9 Å². The first kappa shape index (κ1) is 19.6. The van der Waals surface area contributed by atoms with Crippen molar-refractivity contribution in [1.82, 2.24) is 14.9 Å². The fraction of sp³-hybridized carbons (Fsp3) is 0.200. The molecule has 8 heteroatoms. The smallest absolute Gasteiger partial charge is 0.252 e. The van der Waals surface area contributed by atoms with Crippen LogP contribution in [0.1, 0.15) is 27.8 Å². The van der Waals surface area contributed by atoms with Gasteiger partial charge >= 0.3 is 0 Å². The molecule has 3 rings (SSSR count). The van der Waals surface area contributed by atoms with Crippen molar-refractivity contribution in [3.05, 3.63) is 77.9 Å². The van der Waals surface area contributed by atoms with Crippen LogP contribution in [0.25, 0.3) is 0 Å². The number of nitrogens with zero attached hydrogens (tertiary/aromatic N) is 2. The van der Waals surface area contributed by atoms with Gasteiger partial charge in [0.1, 0.15) is 17.6 Å². The molecule has 0 saturated heterocycles. The van der Waals surface area contributed by atoms with Crippen LogP contribution in [0, 0.1) is 0 Å². The Morgan fingerprint density at radius 2 is 1.93 bits per heavy atom. The van der Waals surface area contributed by atoms with Crippen LogP contribution in [0.2, 0.25) is 0 Å². The van der Waals surface area contributed by atoms with Crippen molar-refractivity contribution in [2.24, 2.45) is 7.05 Å². The Morgan fingerprint density at radius 3 is 2.57 bits per heavy atom. The molecular weight excluding hydrogens is 378 g/mol. The van der Waals surface area contributed by atoms with Crippen LogP contribution < -0.4 is 10.1 Å². The molecule has 146 valence electrons. The predicted octanol–water partition coefficient (Wildman–Crippen LogP) is 2.35. The van der Waals surface area contributed by atoms with Crippen molar-refractivity contribution in [2.75, 3.05) is 13.4 Å². The summed E-state index contributed by atoms with van der Waals surface area (Å²) in [6.45, 7) is 0. The summed E-state index contributed by atoms with van der Waals surface area (Å²) in [7, 11) is -0.0208. The third kappa shape index (κ3) is 4.07. The first-order valence-electron chi connectivity index (χ1n) is 8.52. The van der Waals surface area contributed by atoms with Gasteiger partial charge in [0.15, 0.2) is 9.84 Å². The molecule has 0 aliphatic heterocycles. The number of aromatic nitrogens is 2. The van der Waals surface area contributed by atoms with E-state index in [1.807, 2.05) is 35.9 Å². The minimum Gasteiger partial charge on any atom is -0.496 e. The Bertz CT molecular complexity index is 1110. The van der Waals surface area contributed by atoms with Gasteiger partial charge in [-0.2, -0.15) is 0 Å². The van der Waals surface area contributed by atoms with Crippen molar-refractivity contribution in [2.45, 2.75) is 10.9 Å². The van der Waals surface area contributed by atoms with E-state index in [1.54, 1.807) is 31.6 Å². The van der Waals surface area contributed by atoms with Crippen LogP contribution in [0.4, 0.5) is 0 Å². The lowest BCUT2D eigenvalue weighted by Crippen LogP contribution is -2.31. The van der Waals surface area contributed by atoms with E-state index >= 15 is 0 Å². The van der Waals surface area contributed by atoms with E-state index in [1.165, 1.54) is 12.1 Å². The fourth-order valence-electron chi connectivity index (χ4n) is 2.92. The van der Waals surface area contributed by atoms with Crippen LogP contribution in [0.15, 0.2) is 65.8 Å². The van der Waals surface area contributed by atoms with Gasteiger partial charge in [-0.1, -0.05) is 24.3 Å².